The van der Waals surface area contributed by atoms with Crippen molar-refractivity contribution in [3.05, 3.63) is 72.9 Å². The van der Waals surface area contributed by atoms with Gasteiger partial charge in [0.2, 0.25) is 0 Å². The monoisotopic (exact) mass is 851 g/mol. The zero-order chi connectivity index (χ0) is 44.0. The molecule has 0 spiro atoms. The van der Waals surface area contributed by atoms with Crippen LogP contribution in [0.2, 0.25) is 0 Å². The second-order valence-corrected chi connectivity index (χ2v) is 17.6. The summed E-state index contributed by atoms with van der Waals surface area (Å²) in [6, 6.07) is 0. The quantitative estimate of drug-likeness (QED) is 0.0376. The Morgan fingerprint density at radius 1 is 0.410 bits per heavy atom. The van der Waals surface area contributed by atoms with E-state index in [1.165, 1.54) is 186 Å². The standard InChI is InChI=1S/C57H102O4/c1-3-5-7-9-11-13-15-17-19-21-23-25-27-29-30-32-34-36-38-40-42-44-46-48-50-52-57(59)61-56(54-58)55-60-53-51-49-47-45-43-41-39-37-35-33-31-28-26-24-22-20-18-16-14-12-10-8-6-4-2/h6,8,12,14,18,20-21,23-24,26,31,33,56,58H,3-5,7,9-11,13,15-17,19,22,25,27-30,32,34-55H2,1-2H3/b8-6-,14-12-,20-18-,23-21-,26-24-,33-31-. The Labute approximate surface area is 380 Å². The normalized spacial score (nSPS) is 12.9. The summed E-state index contributed by atoms with van der Waals surface area (Å²) >= 11 is 0. The number of hydrogen-bond acceptors (Lipinski definition) is 4. The molecule has 0 aliphatic heterocycles. The van der Waals surface area contributed by atoms with Gasteiger partial charge < -0.3 is 14.6 Å². The van der Waals surface area contributed by atoms with E-state index in [4.69, 9.17) is 9.47 Å². The van der Waals surface area contributed by atoms with Gasteiger partial charge in [0.1, 0.15) is 6.10 Å². The second-order valence-electron chi connectivity index (χ2n) is 17.6. The number of ether oxygens (including phenoxy) is 2. The van der Waals surface area contributed by atoms with Gasteiger partial charge in [-0.1, -0.05) is 241 Å². The first-order valence-electron chi connectivity index (χ1n) is 26.5. The van der Waals surface area contributed by atoms with Crippen molar-refractivity contribution in [3.8, 4) is 0 Å². The van der Waals surface area contributed by atoms with Crippen molar-refractivity contribution < 1.29 is 19.4 Å². The molecule has 0 aromatic heterocycles. The molecule has 0 aromatic rings. The van der Waals surface area contributed by atoms with Crippen LogP contribution in [0.5, 0.6) is 0 Å². The van der Waals surface area contributed by atoms with Gasteiger partial charge in [-0.15, -0.1) is 0 Å². The molecule has 0 aliphatic carbocycles. The average Bonchev–Trinajstić information content (AvgIpc) is 3.27. The van der Waals surface area contributed by atoms with Crippen molar-refractivity contribution in [1.82, 2.24) is 0 Å². The molecule has 0 saturated heterocycles. The zero-order valence-corrected chi connectivity index (χ0v) is 40.7. The zero-order valence-electron chi connectivity index (χ0n) is 40.7. The van der Waals surface area contributed by atoms with Crippen LogP contribution < -0.4 is 0 Å². The summed E-state index contributed by atoms with van der Waals surface area (Å²) in [5, 5.41) is 9.66. The number of carbonyl (C=O) groups is 1. The third-order valence-electron chi connectivity index (χ3n) is 11.5. The van der Waals surface area contributed by atoms with Crippen LogP contribution in [0.3, 0.4) is 0 Å². The topological polar surface area (TPSA) is 55.8 Å². The highest BCUT2D eigenvalue weighted by Crippen LogP contribution is 2.15. The van der Waals surface area contributed by atoms with Crippen LogP contribution >= 0.6 is 0 Å². The molecule has 1 unspecified atom stereocenters. The summed E-state index contributed by atoms with van der Waals surface area (Å²) in [5.74, 6) is -0.203. The predicted molar refractivity (Wildman–Crippen MR) is 269 cm³/mol. The second kappa shape index (κ2) is 54.0. The maximum Gasteiger partial charge on any atom is 0.306 e. The lowest BCUT2D eigenvalue weighted by atomic mass is 10.0. The summed E-state index contributed by atoms with van der Waals surface area (Å²) in [7, 11) is 0. The molecule has 354 valence electrons. The highest BCUT2D eigenvalue weighted by atomic mass is 16.6. The van der Waals surface area contributed by atoms with Crippen molar-refractivity contribution in [2.24, 2.45) is 0 Å². The first-order chi connectivity index (χ1) is 30.2. The van der Waals surface area contributed by atoms with Crippen molar-refractivity contribution in [1.29, 1.82) is 0 Å². The maximum absolute atomic E-state index is 12.3. The Morgan fingerprint density at radius 3 is 1.13 bits per heavy atom. The fourth-order valence-corrected chi connectivity index (χ4v) is 7.59. The van der Waals surface area contributed by atoms with Crippen LogP contribution in [-0.4, -0.2) is 37.0 Å². The molecule has 0 saturated carbocycles. The van der Waals surface area contributed by atoms with Crippen LogP contribution in [0, 0.1) is 0 Å². The number of unbranched alkanes of at least 4 members (excludes halogenated alkanes) is 29. The molecule has 0 heterocycles. The summed E-state index contributed by atoms with van der Waals surface area (Å²) in [6.07, 6.45) is 74.3. The van der Waals surface area contributed by atoms with Crippen molar-refractivity contribution in [3.63, 3.8) is 0 Å². The fraction of sp³-hybridized carbons (Fsp3) is 0.772. The first-order valence-corrected chi connectivity index (χ1v) is 26.5. The van der Waals surface area contributed by atoms with Gasteiger partial charge in [0.25, 0.3) is 0 Å². The Hall–Kier alpha value is -2.17. The summed E-state index contributed by atoms with van der Waals surface area (Å²) in [4.78, 5) is 12.3. The highest BCUT2D eigenvalue weighted by Gasteiger charge is 2.13. The molecule has 0 aromatic carbocycles. The minimum Gasteiger partial charge on any atom is -0.457 e. The van der Waals surface area contributed by atoms with Gasteiger partial charge in [-0.25, -0.2) is 0 Å². The molecule has 61 heavy (non-hydrogen) atoms. The first kappa shape index (κ1) is 58.8. The number of aliphatic hydroxyl groups is 1. The van der Waals surface area contributed by atoms with E-state index in [2.05, 4.69) is 86.8 Å². The van der Waals surface area contributed by atoms with E-state index in [9.17, 15) is 9.90 Å². The number of aliphatic hydroxyl groups excluding tert-OH is 1. The summed E-state index contributed by atoms with van der Waals surface area (Å²) in [5.41, 5.74) is 0. The molecule has 0 aliphatic rings. The lowest BCUT2D eigenvalue weighted by Crippen LogP contribution is -2.27. The maximum atomic E-state index is 12.3. The molecular weight excluding hydrogens is 749 g/mol. The van der Waals surface area contributed by atoms with Gasteiger partial charge in [-0.05, 0) is 83.5 Å². The third-order valence-corrected chi connectivity index (χ3v) is 11.5. The number of rotatable bonds is 49. The molecule has 0 rings (SSSR count). The molecule has 1 atom stereocenters. The molecular formula is C57H102O4. The number of esters is 1. The van der Waals surface area contributed by atoms with Gasteiger partial charge in [0, 0.05) is 13.0 Å². The van der Waals surface area contributed by atoms with E-state index < -0.39 is 6.10 Å². The average molecular weight is 851 g/mol. The molecule has 4 nitrogen and oxygen atoms in total. The SMILES string of the molecule is CC/C=C\C/C=C\C/C=C\C/C=C\C/C=C\CCCCCCCCCCOCC(CO)OC(=O)CCCCCCCCCCCCCCC/C=C\CCCCCCCCCC. The van der Waals surface area contributed by atoms with E-state index in [0.717, 1.165) is 51.4 Å². The van der Waals surface area contributed by atoms with Gasteiger partial charge in [0.05, 0.1) is 13.2 Å². The Kier molecular flexibility index (Phi) is 52.0. The number of hydrogen-bond donors (Lipinski definition) is 1. The minimum atomic E-state index is -0.543. The van der Waals surface area contributed by atoms with Crippen molar-refractivity contribution in [2.45, 2.75) is 264 Å². The van der Waals surface area contributed by atoms with Gasteiger partial charge >= 0.3 is 5.97 Å². The molecule has 4 heteroatoms. The smallest absolute Gasteiger partial charge is 0.306 e. The van der Waals surface area contributed by atoms with Crippen LogP contribution in [0.4, 0.5) is 0 Å². The van der Waals surface area contributed by atoms with Crippen LogP contribution in [0.25, 0.3) is 0 Å². The van der Waals surface area contributed by atoms with E-state index in [-0.39, 0.29) is 19.2 Å². The largest absolute Gasteiger partial charge is 0.457 e. The van der Waals surface area contributed by atoms with Crippen LogP contribution in [-0.2, 0) is 14.3 Å². The Bertz CT molecular complexity index is 1040. The van der Waals surface area contributed by atoms with E-state index in [1.54, 1.807) is 0 Å². The lowest BCUT2D eigenvalue weighted by molar-refractivity contribution is -0.154. The van der Waals surface area contributed by atoms with Crippen LogP contribution in [0.15, 0.2) is 72.9 Å². The van der Waals surface area contributed by atoms with Crippen molar-refractivity contribution in [2.75, 3.05) is 19.8 Å². The van der Waals surface area contributed by atoms with E-state index in [1.807, 2.05) is 0 Å². The van der Waals surface area contributed by atoms with Gasteiger partial charge in [0.15, 0.2) is 0 Å². The molecule has 0 radical (unpaired) electrons. The molecule has 0 bridgehead atoms. The van der Waals surface area contributed by atoms with Gasteiger partial charge in [-0.3, -0.25) is 4.79 Å². The van der Waals surface area contributed by atoms with E-state index >= 15 is 0 Å². The molecule has 0 amide bonds. The van der Waals surface area contributed by atoms with Crippen molar-refractivity contribution >= 4 is 5.97 Å². The highest BCUT2D eigenvalue weighted by molar-refractivity contribution is 5.69. The third kappa shape index (κ3) is 52.1. The lowest BCUT2D eigenvalue weighted by Gasteiger charge is -2.16. The number of carbonyl (C=O) groups excluding carboxylic acids is 1. The number of allylic oxidation sites excluding steroid dienone is 12. The molecule has 1 N–H and O–H groups in total. The van der Waals surface area contributed by atoms with E-state index in [0.29, 0.717) is 13.0 Å². The Morgan fingerprint density at radius 2 is 0.738 bits per heavy atom. The minimum absolute atomic E-state index is 0.177. The Balaban J connectivity index is 3.43. The predicted octanol–water partition coefficient (Wildman–Crippen LogP) is 18.1. The molecule has 0 fully saturated rings. The fourth-order valence-electron chi connectivity index (χ4n) is 7.59. The van der Waals surface area contributed by atoms with Gasteiger partial charge in [-0.2, -0.15) is 0 Å². The summed E-state index contributed by atoms with van der Waals surface area (Å²) < 4.78 is 11.2. The van der Waals surface area contributed by atoms with Crippen LogP contribution in [0.1, 0.15) is 258 Å². The summed E-state index contributed by atoms with van der Waals surface area (Å²) in [6.45, 7) is 5.24.